The summed E-state index contributed by atoms with van der Waals surface area (Å²) in [6, 6.07) is 9.15. The first-order valence-electron chi connectivity index (χ1n) is 5.62. The van der Waals surface area contributed by atoms with E-state index in [-0.39, 0.29) is 21.9 Å². The van der Waals surface area contributed by atoms with Gasteiger partial charge in [-0.1, -0.05) is 0 Å². The molecule has 2 aromatic carbocycles. The fraction of sp³-hybridized carbons (Fsp3) is 0.0714. The minimum atomic E-state index is -1.61. The summed E-state index contributed by atoms with van der Waals surface area (Å²) in [6.07, 6.45) is 0. The van der Waals surface area contributed by atoms with Crippen LogP contribution in [0, 0.1) is 23.0 Å². The van der Waals surface area contributed by atoms with Gasteiger partial charge in [0, 0.05) is 10.6 Å². The van der Waals surface area contributed by atoms with Crippen LogP contribution in [0.15, 0.2) is 41.3 Å². The van der Waals surface area contributed by atoms with E-state index >= 15 is 0 Å². The molecule has 102 valence electrons. The van der Waals surface area contributed by atoms with E-state index in [9.17, 15) is 13.0 Å². The summed E-state index contributed by atoms with van der Waals surface area (Å²) in [5, 5.41) is 8.93. The van der Waals surface area contributed by atoms with Crippen molar-refractivity contribution in [1.29, 1.82) is 5.26 Å². The Bertz CT molecular complexity index is 705. The lowest BCUT2D eigenvalue weighted by atomic mass is 10.1. The molecule has 0 amide bonds. The van der Waals surface area contributed by atoms with Gasteiger partial charge in [-0.05, 0) is 42.0 Å². The summed E-state index contributed by atoms with van der Waals surface area (Å²) < 4.78 is 38.5. The molecule has 1 unspecified atom stereocenters. The highest BCUT2D eigenvalue weighted by molar-refractivity contribution is 7.84. The second-order valence-corrected chi connectivity index (χ2v) is 5.57. The number of nitrogen functional groups attached to an aromatic ring is 1. The molecule has 0 aliphatic carbocycles. The highest BCUT2D eigenvalue weighted by Crippen LogP contribution is 2.19. The van der Waals surface area contributed by atoms with Gasteiger partial charge in [0.05, 0.1) is 28.2 Å². The third-order valence-electron chi connectivity index (χ3n) is 2.63. The van der Waals surface area contributed by atoms with Gasteiger partial charge < -0.3 is 5.73 Å². The lowest BCUT2D eigenvalue weighted by molar-refractivity contribution is 0.622. The van der Waals surface area contributed by atoms with Crippen molar-refractivity contribution < 1.29 is 13.0 Å². The molecule has 0 aromatic heterocycles. The Morgan fingerprint density at radius 2 is 1.90 bits per heavy atom. The van der Waals surface area contributed by atoms with Crippen molar-refractivity contribution in [3.05, 3.63) is 59.2 Å². The van der Waals surface area contributed by atoms with Crippen LogP contribution < -0.4 is 5.73 Å². The molecule has 0 aliphatic heterocycles. The smallest absolute Gasteiger partial charge is 0.126 e. The van der Waals surface area contributed by atoms with E-state index in [2.05, 4.69) is 0 Å². The van der Waals surface area contributed by atoms with Crippen molar-refractivity contribution in [2.24, 2.45) is 0 Å². The van der Waals surface area contributed by atoms with Gasteiger partial charge in [0.1, 0.15) is 11.6 Å². The Kier molecular flexibility index (Phi) is 4.11. The van der Waals surface area contributed by atoms with Crippen LogP contribution in [0.4, 0.5) is 14.5 Å². The molecule has 0 radical (unpaired) electrons. The predicted octanol–water partition coefficient (Wildman–Crippen LogP) is 2.73. The van der Waals surface area contributed by atoms with Crippen molar-refractivity contribution in [3.63, 3.8) is 0 Å². The summed E-state index contributed by atoms with van der Waals surface area (Å²) in [7, 11) is -1.61. The molecule has 0 bridgehead atoms. The molecule has 0 saturated heterocycles. The van der Waals surface area contributed by atoms with E-state index in [1.165, 1.54) is 12.1 Å². The molecule has 0 saturated carbocycles. The standard InChI is InChI=1S/C14H10F2N2OS/c15-11-2-1-9(7-17)10(3-11)8-20(19)14-5-12(16)4-13(18)6-14/h1-6H,8,18H2. The maximum atomic E-state index is 13.2. The maximum Gasteiger partial charge on any atom is 0.126 e. The van der Waals surface area contributed by atoms with E-state index < -0.39 is 22.4 Å². The van der Waals surface area contributed by atoms with Crippen molar-refractivity contribution >= 4 is 16.5 Å². The number of nitrogens with zero attached hydrogens (tertiary/aromatic N) is 1. The van der Waals surface area contributed by atoms with Gasteiger partial charge in [0.2, 0.25) is 0 Å². The molecule has 20 heavy (non-hydrogen) atoms. The van der Waals surface area contributed by atoms with Crippen LogP contribution in [0.3, 0.4) is 0 Å². The molecule has 3 nitrogen and oxygen atoms in total. The number of hydrogen-bond acceptors (Lipinski definition) is 3. The zero-order chi connectivity index (χ0) is 14.7. The van der Waals surface area contributed by atoms with Gasteiger partial charge in [0.25, 0.3) is 0 Å². The van der Waals surface area contributed by atoms with Crippen LogP contribution in [-0.4, -0.2) is 4.21 Å². The molecule has 2 N–H and O–H groups in total. The Labute approximate surface area is 117 Å². The Balaban J connectivity index is 2.32. The molecule has 0 spiro atoms. The number of halogens is 2. The van der Waals surface area contributed by atoms with Crippen molar-refractivity contribution in [2.75, 3.05) is 5.73 Å². The molecule has 0 aliphatic rings. The fourth-order valence-electron chi connectivity index (χ4n) is 1.73. The molecule has 1 atom stereocenters. The molecular weight excluding hydrogens is 282 g/mol. The quantitative estimate of drug-likeness (QED) is 0.884. The third-order valence-corrected chi connectivity index (χ3v) is 3.97. The van der Waals surface area contributed by atoms with Crippen LogP contribution in [0.25, 0.3) is 0 Å². The number of hydrogen-bond donors (Lipinski definition) is 1. The molecule has 0 heterocycles. The lowest BCUT2D eigenvalue weighted by Crippen LogP contribution is -2.01. The minimum Gasteiger partial charge on any atom is -0.399 e. The molecular formula is C14H10F2N2OS. The topological polar surface area (TPSA) is 66.9 Å². The number of anilines is 1. The minimum absolute atomic E-state index is 0.0798. The monoisotopic (exact) mass is 292 g/mol. The van der Waals surface area contributed by atoms with Crippen LogP contribution in [0.5, 0.6) is 0 Å². The van der Waals surface area contributed by atoms with E-state index in [0.717, 1.165) is 24.3 Å². The summed E-state index contributed by atoms with van der Waals surface area (Å²) in [6.45, 7) is 0. The van der Waals surface area contributed by atoms with Crippen LogP contribution >= 0.6 is 0 Å². The van der Waals surface area contributed by atoms with Crippen LogP contribution in [0.1, 0.15) is 11.1 Å². The Morgan fingerprint density at radius 1 is 1.15 bits per heavy atom. The van der Waals surface area contributed by atoms with Crippen molar-refractivity contribution in [3.8, 4) is 6.07 Å². The first-order chi connectivity index (χ1) is 9.49. The first kappa shape index (κ1) is 14.2. The average Bonchev–Trinajstić information content (AvgIpc) is 2.37. The molecule has 2 rings (SSSR count). The normalized spacial score (nSPS) is 11.8. The van der Waals surface area contributed by atoms with Crippen molar-refractivity contribution in [1.82, 2.24) is 0 Å². The van der Waals surface area contributed by atoms with E-state index in [0.29, 0.717) is 5.56 Å². The van der Waals surface area contributed by atoms with Crippen LogP contribution in [0.2, 0.25) is 0 Å². The number of rotatable bonds is 3. The second-order valence-electron chi connectivity index (χ2n) is 4.12. The Morgan fingerprint density at radius 3 is 2.55 bits per heavy atom. The largest absolute Gasteiger partial charge is 0.399 e. The predicted molar refractivity (Wildman–Crippen MR) is 72.0 cm³/mol. The molecule has 6 heteroatoms. The van der Waals surface area contributed by atoms with Gasteiger partial charge in [0.15, 0.2) is 0 Å². The highest BCUT2D eigenvalue weighted by Gasteiger charge is 2.11. The van der Waals surface area contributed by atoms with E-state index in [1.54, 1.807) is 0 Å². The van der Waals surface area contributed by atoms with Crippen molar-refractivity contribution in [2.45, 2.75) is 10.6 Å². The van der Waals surface area contributed by atoms with E-state index in [4.69, 9.17) is 11.0 Å². The van der Waals surface area contributed by atoms with Gasteiger partial charge >= 0.3 is 0 Å². The highest BCUT2D eigenvalue weighted by atomic mass is 32.2. The van der Waals surface area contributed by atoms with Gasteiger partial charge in [-0.25, -0.2) is 8.78 Å². The first-order valence-corrected chi connectivity index (χ1v) is 6.94. The summed E-state index contributed by atoms with van der Waals surface area (Å²) in [4.78, 5) is 0.204. The molecule has 0 fully saturated rings. The SMILES string of the molecule is N#Cc1ccc(F)cc1CS(=O)c1cc(N)cc(F)c1. The maximum absolute atomic E-state index is 13.2. The van der Waals surface area contributed by atoms with Gasteiger partial charge in [-0.3, -0.25) is 4.21 Å². The zero-order valence-electron chi connectivity index (χ0n) is 10.3. The van der Waals surface area contributed by atoms with Crippen LogP contribution in [-0.2, 0) is 16.6 Å². The second kappa shape index (κ2) is 5.80. The summed E-state index contributed by atoms with van der Waals surface area (Å²) in [5.41, 5.74) is 6.20. The summed E-state index contributed by atoms with van der Waals surface area (Å²) in [5.74, 6) is -1.19. The van der Waals surface area contributed by atoms with Gasteiger partial charge in [-0.15, -0.1) is 0 Å². The number of nitrogens with two attached hydrogens (primary N) is 1. The average molecular weight is 292 g/mol. The number of nitriles is 1. The Hall–Kier alpha value is -2.26. The summed E-state index contributed by atoms with van der Waals surface area (Å²) >= 11 is 0. The zero-order valence-corrected chi connectivity index (χ0v) is 11.1. The fourth-order valence-corrected chi connectivity index (χ4v) is 2.93. The lowest BCUT2D eigenvalue weighted by Gasteiger charge is -2.06. The molecule has 2 aromatic rings. The third kappa shape index (κ3) is 3.19. The van der Waals surface area contributed by atoms with Gasteiger partial charge in [-0.2, -0.15) is 5.26 Å². The number of benzene rings is 2. The van der Waals surface area contributed by atoms with E-state index in [1.807, 2.05) is 6.07 Å².